The van der Waals surface area contributed by atoms with Gasteiger partial charge in [-0.3, -0.25) is 0 Å². The Morgan fingerprint density at radius 2 is 2.31 bits per heavy atom. The topological polar surface area (TPSA) is 12.0 Å². The van der Waals surface area contributed by atoms with Crippen LogP contribution in [0, 0.1) is 11.7 Å². The van der Waals surface area contributed by atoms with Crippen LogP contribution in [0.5, 0.6) is 0 Å². The molecule has 0 radical (unpaired) electrons. The van der Waals surface area contributed by atoms with Crippen molar-refractivity contribution in [1.82, 2.24) is 5.32 Å². The van der Waals surface area contributed by atoms with Gasteiger partial charge >= 0.3 is 0 Å². The Kier molecular flexibility index (Phi) is 2.47. The molecule has 0 saturated heterocycles. The second-order valence-corrected chi connectivity index (χ2v) is 5.11. The van der Waals surface area contributed by atoms with E-state index in [1.165, 1.54) is 24.0 Å². The molecule has 16 heavy (non-hydrogen) atoms. The third-order valence-corrected chi connectivity index (χ3v) is 4.16. The summed E-state index contributed by atoms with van der Waals surface area (Å²) in [5.74, 6) is 1.34. The number of halogens is 1. The van der Waals surface area contributed by atoms with E-state index in [2.05, 4.69) is 12.2 Å². The minimum atomic E-state index is -0.0851. The maximum atomic E-state index is 13.1. The maximum Gasteiger partial charge on any atom is 0.123 e. The lowest BCUT2D eigenvalue weighted by atomic mass is 9.70. The first kappa shape index (κ1) is 10.3. The van der Waals surface area contributed by atoms with E-state index in [0.29, 0.717) is 12.0 Å². The number of hydrogen-bond acceptors (Lipinski definition) is 1. The lowest BCUT2D eigenvalue weighted by Gasteiger charge is -2.41. The molecule has 1 nitrogen and oxygen atoms in total. The number of benzene rings is 1. The first-order valence-corrected chi connectivity index (χ1v) is 6.31. The van der Waals surface area contributed by atoms with Crippen LogP contribution in [0.4, 0.5) is 4.39 Å². The van der Waals surface area contributed by atoms with Gasteiger partial charge in [0, 0.05) is 6.04 Å². The molecule has 1 fully saturated rings. The third kappa shape index (κ3) is 1.47. The lowest BCUT2D eigenvalue weighted by molar-refractivity contribution is 0.184. The minimum absolute atomic E-state index is 0.0851. The zero-order valence-corrected chi connectivity index (χ0v) is 9.67. The van der Waals surface area contributed by atoms with Gasteiger partial charge in [0.25, 0.3) is 0 Å². The van der Waals surface area contributed by atoms with E-state index in [1.807, 2.05) is 6.07 Å². The van der Waals surface area contributed by atoms with Crippen molar-refractivity contribution in [2.75, 3.05) is 6.54 Å². The van der Waals surface area contributed by atoms with E-state index < -0.39 is 0 Å². The highest BCUT2D eigenvalue weighted by Crippen LogP contribution is 2.51. The second kappa shape index (κ2) is 3.85. The van der Waals surface area contributed by atoms with Crippen molar-refractivity contribution in [3.63, 3.8) is 0 Å². The average Bonchev–Trinajstić information content (AvgIpc) is 2.53. The summed E-state index contributed by atoms with van der Waals surface area (Å²) >= 11 is 0. The quantitative estimate of drug-likeness (QED) is 0.824. The van der Waals surface area contributed by atoms with Gasteiger partial charge in [-0.15, -0.1) is 0 Å². The van der Waals surface area contributed by atoms with Gasteiger partial charge < -0.3 is 5.32 Å². The molecule has 2 aliphatic rings. The molecule has 3 rings (SSSR count). The first-order chi connectivity index (χ1) is 7.79. The summed E-state index contributed by atoms with van der Waals surface area (Å²) in [4.78, 5) is 0. The highest BCUT2D eigenvalue weighted by atomic mass is 19.1. The monoisotopic (exact) mass is 219 g/mol. The second-order valence-electron chi connectivity index (χ2n) is 5.11. The molecule has 2 aliphatic carbocycles. The maximum absolute atomic E-state index is 13.1. The van der Waals surface area contributed by atoms with Crippen molar-refractivity contribution in [3.05, 3.63) is 35.1 Å². The van der Waals surface area contributed by atoms with Crippen molar-refractivity contribution in [3.8, 4) is 0 Å². The highest BCUT2D eigenvalue weighted by Gasteiger charge is 2.46. The van der Waals surface area contributed by atoms with Crippen molar-refractivity contribution in [1.29, 1.82) is 0 Å². The SMILES string of the molecule is CCCNC1CC2c3ccc(F)cc3CC12. The standard InChI is InChI=1S/C14H18FN/c1-2-5-16-14-8-12-11-4-3-10(15)6-9(11)7-13(12)14/h3-4,6,12-14,16H,2,5,7-8H2,1H3. The zero-order chi connectivity index (χ0) is 11.1. The summed E-state index contributed by atoms with van der Waals surface area (Å²) in [7, 11) is 0. The fraction of sp³-hybridized carbons (Fsp3) is 0.571. The van der Waals surface area contributed by atoms with E-state index in [1.54, 1.807) is 12.1 Å². The van der Waals surface area contributed by atoms with Gasteiger partial charge in [0.1, 0.15) is 5.82 Å². The van der Waals surface area contributed by atoms with Gasteiger partial charge in [-0.05, 0) is 60.9 Å². The summed E-state index contributed by atoms with van der Waals surface area (Å²) in [6.45, 7) is 3.31. The predicted molar refractivity (Wildman–Crippen MR) is 63.0 cm³/mol. The fourth-order valence-corrected chi connectivity index (χ4v) is 3.28. The van der Waals surface area contributed by atoms with Crippen LogP contribution in [0.25, 0.3) is 0 Å². The summed E-state index contributed by atoms with van der Waals surface area (Å²) < 4.78 is 13.1. The first-order valence-electron chi connectivity index (χ1n) is 6.31. The van der Waals surface area contributed by atoms with Crippen molar-refractivity contribution in [2.24, 2.45) is 5.92 Å². The Balaban J connectivity index is 1.73. The molecule has 0 aliphatic heterocycles. The minimum Gasteiger partial charge on any atom is -0.314 e. The summed E-state index contributed by atoms with van der Waals surface area (Å²) in [5.41, 5.74) is 2.65. The van der Waals surface area contributed by atoms with Crippen LogP contribution >= 0.6 is 0 Å². The van der Waals surface area contributed by atoms with Gasteiger partial charge in [0.05, 0.1) is 0 Å². The average molecular weight is 219 g/mol. The van der Waals surface area contributed by atoms with E-state index in [0.717, 1.165) is 18.9 Å². The molecule has 1 N–H and O–H groups in total. The molecule has 2 heteroatoms. The van der Waals surface area contributed by atoms with Gasteiger partial charge in [0.2, 0.25) is 0 Å². The van der Waals surface area contributed by atoms with E-state index in [4.69, 9.17) is 0 Å². The Labute approximate surface area is 96.1 Å². The number of nitrogens with one attached hydrogen (secondary N) is 1. The molecule has 1 aromatic carbocycles. The molecule has 1 aromatic rings. The lowest BCUT2D eigenvalue weighted by Crippen LogP contribution is -2.47. The Morgan fingerprint density at radius 3 is 3.12 bits per heavy atom. The van der Waals surface area contributed by atoms with Crippen LogP contribution in [0.15, 0.2) is 18.2 Å². The van der Waals surface area contributed by atoms with Gasteiger partial charge in [-0.1, -0.05) is 13.0 Å². The van der Waals surface area contributed by atoms with Gasteiger partial charge in [0.15, 0.2) is 0 Å². The Hall–Kier alpha value is -0.890. The molecule has 0 bridgehead atoms. The van der Waals surface area contributed by atoms with E-state index in [9.17, 15) is 4.39 Å². The molecule has 0 heterocycles. The molecule has 0 amide bonds. The smallest absolute Gasteiger partial charge is 0.123 e. The van der Waals surface area contributed by atoms with Crippen LogP contribution in [0.2, 0.25) is 0 Å². The van der Waals surface area contributed by atoms with Crippen molar-refractivity contribution < 1.29 is 4.39 Å². The fourth-order valence-electron chi connectivity index (χ4n) is 3.28. The number of hydrogen-bond donors (Lipinski definition) is 1. The molecule has 0 aromatic heterocycles. The molecule has 3 atom stereocenters. The van der Waals surface area contributed by atoms with E-state index in [-0.39, 0.29) is 5.82 Å². The normalized spacial score (nSPS) is 30.8. The van der Waals surface area contributed by atoms with Crippen LogP contribution in [-0.4, -0.2) is 12.6 Å². The Morgan fingerprint density at radius 1 is 1.44 bits per heavy atom. The predicted octanol–water partition coefficient (Wildman–Crippen LogP) is 2.85. The zero-order valence-electron chi connectivity index (χ0n) is 9.67. The molecule has 86 valence electrons. The van der Waals surface area contributed by atoms with E-state index >= 15 is 0 Å². The highest BCUT2D eigenvalue weighted by molar-refractivity contribution is 5.40. The third-order valence-electron chi connectivity index (χ3n) is 4.16. The van der Waals surface area contributed by atoms with Crippen molar-refractivity contribution in [2.45, 2.75) is 38.1 Å². The number of rotatable bonds is 3. The summed E-state index contributed by atoms with van der Waals surface area (Å²) in [6, 6.07) is 5.99. The van der Waals surface area contributed by atoms with Crippen molar-refractivity contribution >= 4 is 0 Å². The van der Waals surface area contributed by atoms with Gasteiger partial charge in [-0.2, -0.15) is 0 Å². The summed E-state index contributed by atoms with van der Waals surface area (Å²) in [5, 5.41) is 3.60. The molecule has 1 saturated carbocycles. The van der Waals surface area contributed by atoms with Gasteiger partial charge in [-0.25, -0.2) is 4.39 Å². The van der Waals surface area contributed by atoms with Crippen LogP contribution in [-0.2, 0) is 6.42 Å². The molecule has 0 spiro atoms. The molecule has 3 unspecified atom stereocenters. The van der Waals surface area contributed by atoms with Crippen LogP contribution in [0.1, 0.15) is 36.8 Å². The number of fused-ring (bicyclic) bond motifs is 3. The molecular formula is C14H18FN. The Bertz CT molecular complexity index is 402. The van der Waals surface area contributed by atoms with Crippen LogP contribution < -0.4 is 5.32 Å². The largest absolute Gasteiger partial charge is 0.314 e. The van der Waals surface area contributed by atoms with Crippen LogP contribution in [0.3, 0.4) is 0 Å². The molecular weight excluding hydrogens is 201 g/mol. The summed E-state index contributed by atoms with van der Waals surface area (Å²) in [6.07, 6.45) is 3.50.